The molecule has 1 unspecified atom stereocenters. The maximum Gasteiger partial charge on any atom is 0.150 e. The van der Waals surface area contributed by atoms with Crippen LogP contribution in [0.2, 0.25) is 0 Å². The summed E-state index contributed by atoms with van der Waals surface area (Å²) >= 11 is 3.41. The van der Waals surface area contributed by atoms with E-state index < -0.39 is 0 Å². The van der Waals surface area contributed by atoms with Crippen molar-refractivity contribution in [1.82, 2.24) is 4.90 Å². The van der Waals surface area contributed by atoms with E-state index in [9.17, 15) is 4.79 Å². The number of carbonyl (C=O) groups excluding carboxylic acids is 1. The monoisotopic (exact) mass is 255 g/mol. The summed E-state index contributed by atoms with van der Waals surface area (Å²) in [6.07, 6.45) is 0.905. The molecule has 0 aliphatic carbocycles. The Labute approximate surface area is 93.0 Å². The van der Waals surface area contributed by atoms with Gasteiger partial charge in [-0.2, -0.15) is 0 Å². The highest BCUT2D eigenvalue weighted by atomic mass is 79.9. The maximum absolute atomic E-state index is 10.8. The average molecular weight is 256 g/mol. The topological polar surface area (TPSA) is 20.3 Å². The van der Waals surface area contributed by atoms with E-state index in [2.05, 4.69) is 27.8 Å². The van der Waals surface area contributed by atoms with Gasteiger partial charge in [-0.25, -0.2) is 0 Å². The fraction of sp³-hybridized carbons (Fsp3) is 0.364. The van der Waals surface area contributed by atoms with Gasteiger partial charge in [0.15, 0.2) is 0 Å². The molecule has 0 radical (unpaired) electrons. The van der Waals surface area contributed by atoms with Crippen molar-refractivity contribution >= 4 is 22.2 Å². The van der Waals surface area contributed by atoms with Gasteiger partial charge in [-0.15, -0.1) is 0 Å². The van der Waals surface area contributed by atoms with E-state index in [0.717, 1.165) is 21.9 Å². The van der Waals surface area contributed by atoms with Crippen molar-refractivity contribution in [3.8, 4) is 0 Å². The SMILES string of the molecule is CC(c1cc(Br)ccc1C=O)N(C)C. The molecular formula is C11H14BrNO. The number of hydrogen-bond acceptors (Lipinski definition) is 2. The summed E-state index contributed by atoms with van der Waals surface area (Å²) in [5.41, 5.74) is 1.81. The van der Waals surface area contributed by atoms with Crippen LogP contribution in [0.15, 0.2) is 22.7 Å². The van der Waals surface area contributed by atoms with Crippen molar-refractivity contribution < 1.29 is 4.79 Å². The fourth-order valence-electron chi connectivity index (χ4n) is 1.29. The van der Waals surface area contributed by atoms with Crippen LogP contribution < -0.4 is 0 Å². The molecule has 1 atom stereocenters. The lowest BCUT2D eigenvalue weighted by atomic mass is 10.0. The zero-order chi connectivity index (χ0) is 10.7. The second-order valence-corrected chi connectivity index (χ2v) is 4.45. The van der Waals surface area contributed by atoms with Crippen molar-refractivity contribution in [2.75, 3.05) is 14.1 Å². The molecule has 0 heterocycles. The van der Waals surface area contributed by atoms with Crippen LogP contribution in [0.1, 0.15) is 28.9 Å². The van der Waals surface area contributed by atoms with Gasteiger partial charge in [0.05, 0.1) is 0 Å². The molecule has 0 saturated heterocycles. The van der Waals surface area contributed by atoms with Gasteiger partial charge in [0.1, 0.15) is 6.29 Å². The third-order valence-electron chi connectivity index (χ3n) is 2.40. The molecule has 1 aromatic rings. The van der Waals surface area contributed by atoms with E-state index in [1.807, 2.05) is 32.3 Å². The molecule has 0 aromatic heterocycles. The number of aldehydes is 1. The number of benzene rings is 1. The minimum atomic E-state index is 0.243. The molecule has 0 aliphatic heterocycles. The molecule has 0 amide bonds. The van der Waals surface area contributed by atoms with Gasteiger partial charge in [-0.3, -0.25) is 4.79 Å². The average Bonchev–Trinajstić information content (AvgIpc) is 2.16. The Morgan fingerprint density at radius 2 is 2.07 bits per heavy atom. The third kappa shape index (κ3) is 2.42. The number of halogens is 1. The van der Waals surface area contributed by atoms with E-state index in [1.54, 1.807) is 0 Å². The molecule has 3 heteroatoms. The van der Waals surface area contributed by atoms with Crippen LogP contribution in [0.4, 0.5) is 0 Å². The first-order chi connectivity index (χ1) is 6.56. The highest BCUT2D eigenvalue weighted by molar-refractivity contribution is 9.10. The molecule has 0 spiro atoms. The summed E-state index contributed by atoms with van der Waals surface area (Å²) in [6, 6.07) is 5.96. The van der Waals surface area contributed by atoms with Gasteiger partial charge in [0.2, 0.25) is 0 Å². The first-order valence-corrected chi connectivity index (χ1v) is 5.26. The second-order valence-electron chi connectivity index (χ2n) is 3.53. The lowest BCUT2D eigenvalue weighted by molar-refractivity contribution is 0.112. The zero-order valence-corrected chi connectivity index (χ0v) is 10.2. The number of nitrogens with zero attached hydrogens (tertiary/aromatic N) is 1. The van der Waals surface area contributed by atoms with E-state index in [4.69, 9.17) is 0 Å². The predicted molar refractivity (Wildman–Crippen MR) is 61.6 cm³/mol. The van der Waals surface area contributed by atoms with Crippen LogP contribution in [-0.2, 0) is 0 Å². The van der Waals surface area contributed by atoms with Crippen LogP contribution in [0.5, 0.6) is 0 Å². The Bertz CT molecular complexity index is 336. The van der Waals surface area contributed by atoms with Crippen LogP contribution in [-0.4, -0.2) is 25.3 Å². The molecule has 0 aliphatic rings. The minimum absolute atomic E-state index is 0.243. The molecule has 2 nitrogen and oxygen atoms in total. The summed E-state index contributed by atoms with van der Waals surface area (Å²) in [5, 5.41) is 0. The zero-order valence-electron chi connectivity index (χ0n) is 8.62. The van der Waals surface area contributed by atoms with E-state index in [0.29, 0.717) is 0 Å². The van der Waals surface area contributed by atoms with Crippen LogP contribution in [0, 0.1) is 0 Å². The van der Waals surface area contributed by atoms with Gasteiger partial charge in [-0.1, -0.05) is 22.0 Å². The largest absolute Gasteiger partial charge is 0.303 e. The van der Waals surface area contributed by atoms with E-state index >= 15 is 0 Å². The number of carbonyl (C=O) groups is 1. The van der Waals surface area contributed by atoms with E-state index in [-0.39, 0.29) is 6.04 Å². The minimum Gasteiger partial charge on any atom is -0.303 e. The van der Waals surface area contributed by atoms with Crippen molar-refractivity contribution in [3.63, 3.8) is 0 Å². The molecule has 14 heavy (non-hydrogen) atoms. The molecule has 1 rings (SSSR count). The summed E-state index contributed by atoms with van der Waals surface area (Å²) in [7, 11) is 4.00. The Balaban J connectivity index is 3.16. The second kappa shape index (κ2) is 4.71. The smallest absolute Gasteiger partial charge is 0.150 e. The maximum atomic E-state index is 10.8. The predicted octanol–water partition coefficient (Wildman–Crippen LogP) is 2.88. The van der Waals surface area contributed by atoms with Gasteiger partial charge in [-0.05, 0) is 38.7 Å². The summed E-state index contributed by atoms with van der Waals surface area (Å²) in [5.74, 6) is 0. The van der Waals surface area contributed by atoms with Crippen molar-refractivity contribution in [2.45, 2.75) is 13.0 Å². The molecule has 1 aromatic carbocycles. The lowest BCUT2D eigenvalue weighted by Gasteiger charge is -2.21. The lowest BCUT2D eigenvalue weighted by Crippen LogP contribution is -2.18. The first-order valence-electron chi connectivity index (χ1n) is 4.47. The molecule has 0 saturated carbocycles. The molecular weight excluding hydrogens is 242 g/mol. The van der Waals surface area contributed by atoms with Crippen molar-refractivity contribution in [3.05, 3.63) is 33.8 Å². The van der Waals surface area contributed by atoms with Gasteiger partial charge < -0.3 is 4.90 Å². The Kier molecular flexibility index (Phi) is 3.84. The number of rotatable bonds is 3. The molecule has 76 valence electrons. The quantitative estimate of drug-likeness (QED) is 0.775. The van der Waals surface area contributed by atoms with Crippen LogP contribution in [0.3, 0.4) is 0 Å². The summed E-state index contributed by atoms with van der Waals surface area (Å²) in [6.45, 7) is 2.08. The van der Waals surface area contributed by atoms with E-state index in [1.165, 1.54) is 0 Å². The van der Waals surface area contributed by atoms with Crippen molar-refractivity contribution in [2.24, 2.45) is 0 Å². The standard InChI is InChI=1S/C11H14BrNO/c1-8(13(2)3)11-6-10(12)5-4-9(11)7-14/h4-8H,1-3H3. The highest BCUT2D eigenvalue weighted by Crippen LogP contribution is 2.24. The van der Waals surface area contributed by atoms with Crippen molar-refractivity contribution in [1.29, 1.82) is 0 Å². The normalized spacial score (nSPS) is 12.9. The summed E-state index contributed by atoms with van der Waals surface area (Å²) < 4.78 is 1.01. The van der Waals surface area contributed by atoms with Gasteiger partial charge in [0, 0.05) is 16.1 Å². The molecule has 0 N–H and O–H groups in total. The highest BCUT2D eigenvalue weighted by Gasteiger charge is 2.12. The third-order valence-corrected chi connectivity index (χ3v) is 2.89. The Hall–Kier alpha value is -0.670. The molecule has 0 fully saturated rings. The Morgan fingerprint density at radius 1 is 1.43 bits per heavy atom. The fourth-order valence-corrected chi connectivity index (χ4v) is 1.67. The summed E-state index contributed by atoms with van der Waals surface area (Å²) in [4.78, 5) is 12.9. The first kappa shape index (κ1) is 11.4. The van der Waals surface area contributed by atoms with Gasteiger partial charge >= 0.3 is 0 Å². The number of hydrogen-bond donors (Lipinski definition) is 0. The van der Waals surface area contributed by atoms with Crippen LogP contribution >= 0.6 is 15.9 Å². The van der Waals surface area contributed by atoms with Gasteiger partial charge in [0.25, 0.3) is 0 Å². The molecule has 0 bridgehead atoms. The Morgan fingerprint density at radius 3 is 2.57 bits per heavy atom. The van der Waals surface area contributed by atoms with Crippen LogP contribution in [0.25, 0.3) is 0 Å².